The minimum absolute atomic E-state index is 0.0574. The number of hydrogen-bond donors (Lipinski definition) is 0. The molecule has 8 aromatic rings. The lowest BCUT2D eigenvalue weighted by atomic mass is 9.81. The third-order valence-corrected chi connectivity index (χ3v) is 9.73. The number of nitrogens with zero attached hydrogens (tertiary/aromatic N) is 3. The van der Waals surface area contributed by atoms with Crippen LogP contribution in [0.4, 0.5) is 0 Å². The first kappa shape index (κ1) is 27.4. The fourth-order valence-electron chi connectivity index (χ4n) is 7.21. The number of rotatable bonds is 4. The van der Waals surface area contributed by atoms with Crippen molar-refractivity contribution in [2.45, 2.75) is 19.3 Å². The van der Waals surface area contributed by atoms with Crippen molar-refractivity contribution < 1.29 is 0 Å². The van der Waals surface area contributed by atoms with E-state index in [1.165, 1.54) is 43.8 Å². The van der Waals surface area contributed by atoms with Gasteiger partial charge in [0, 0.05) is 33.9 Å². The Morgan fingerprint density at radius 3 is 1.87 bits per heavy atom. The quantitative estimate of drug-likeness (QED) is 0.188. The van der Waals surface area contributed by atoms with Crippen LogP contribution in [0.25, 0.3) is 77.8 Å². The summed E-state index contributed by atoms with van der Waals surface area (Å²) in [5, 5.41) is 4.97. The van der Waals surface area contributed by atoms with Gasteiger partial charge in [-0.2, -0.15) is 0 Å². The van der Waals surface area contributed by atoms with Gasteiger partial charge in [0.05, 0.1) is 17.1 Å². The van der Waals surface area contributed by atoms with E-state index >= 15 is 0 Å². The van der Waals surface area contributed by atoms with Crippen LogP contribution in [0.2, 0.25) is 0 Å². The van der Waals surface area contributed by atoms with Crippen molar-refractivity contribution in [2.24, 2.45) is 0 Å². The second kappa shape index (κ2) is 10.6. The summed E-state index contributed by atoms with van der Waals surface area (Å²) >= 11 is 0. The van der Waals surface area contributed by atoms with Crippen LogP contribution in [-0.2, 0) is 5.41 Å². The van der Waals surface area contributed by atoms with Gasteiger partial charge in [0.1, 0.15) is 0 Å². The molecule has 1 aliphatic carbocycles. The molecule has 0 saturated carbocycles. The fraction of sp³-hybridized carbons (Fsp3) is 0.0682. The summed E-state index contributed by atoms with van der Waals surface area (Å²) in [6.07, 6.45) is 1.82. The molecule has 0 spiro atoms. The fourth-order valence-corrected chi connectivity index (χ4v) is 7.21. The van der Waals surface area contributed by atoms with Crippen molar-refractivity contribution in [1.29, 1.82) is 0 Å². The van der Waals surface area contributed by atoms with Gasteiger partial charge >= 0.3 is 0 Å². The lowest BCUT2D eigenvalue weighted by Crippen LogP contribution is -2.14. The number of hydrogen-bond acceptors (Lipinski definition) is 3. The van der Waals surface area contributed by atoms with Crippen LogP contribution in [0.3, 0.4) is 0 Å². The van der Waals surface area contributed by atoms with Crippen molar-refractivity contribution in [3.05, 3.63) is 163 Å². The predicted molar refractivity (Wildman–Crippen MR) is 194 cm³/mol. The standard InChI is InChI=1S/C44H31N3/c1-44(2)38-13-7-6-12-34(38)37-24-32-21-15-28-16-22-33(25-35(28)36(32)26-39(37)44)42-27-41(29-10-4-3-5-11-29)46-43(47-42)31-19-17-30(18-20-31)40-14-8-9-23-45-40/h3-27H,1-2H3. The minimum Gasteiger partial charge on any atom is -0.256 e. The van der Waals surface area contributed by atoms with E-state index in [-0.39, 0.29) is 5.41 Å². The molecule has 3 heteroatoms. The third kappa shape index (κ3) is 4.54. The van der Waals surface area contributed by atoms with Crippen molar-refractivity contribution in [2.75, 3.05) is 0 Å². The highest BCUT2D eigenvalue weighted by molar-refractivity contribution is 6.10. The molecule has 0 bridgehead atoms. The molecule has 0 amide bonds. The zero-order valence-electron chi connectivity index (χ0n) is 26.3. The summed E-state index contributed by atoms with van der Waals surface area (Å²) in [7, 11) is 0. The molecule has 0 N–H and O–H groups in total. The summed E-state index contributed by atoms with van der Waals surface area (Å²) in [4.78, 5) is 14.7. The monoisotopic (exact) mass is 601 g/mol. The maximum absolute atomic E-state index is 5.17. The third-order valence-electron chi connectivity index (χ3n) is 9.73. The molecule has 0 fully saturated rings. The molecule has 9 rings (SSSR count). The van der Waals surface area contributed by atoms with Gasteiger partial charge in [-0.15, -0.1) is 0 Å². The van der Waals surface area contributed by atoms with Crippen LogP contribution in [0.1, 0.15) is 25.0 Å². The molecule has 2 aromatic heterocycles. The average Bonchev–Trinajstić information content (AvgIpc) is 3.36. The predicted octanol–water partition coefficient (Wildman–Crippen LogP) is 11.2. The molecule has 1 aliphatic rings. The van der Waals surface area contributed by atoms with Gasteiger partial charge in [0.15, 0.2) is 5.82 Å². The van der Waals surface area contributed by atoms with Gasteiger partial charge in [-0.3, -0.25) is 4.98 Å². The highest BCUT2D eigenvalue weighted by Gasteiger charge is 2.35. The molecular formula is C44H31N3. The molecular weight excluding hydrogens is 571 g/mol. The molecule has 3 nitrogen and oxygen atoms in total. The normalized spacial score (nSPS) is 13.1. The molecule has 47 heavy (non-hydrogen) atoms. The number of benzene rings is 6. The van der Waals surface area contributed by atoms with Gasteiger partial charge in [-0.25, -0.2) is 9.97 Å². The smallest absolute Gasteiger partial charge is 0.160 e. The Balaban J connectivity index is 1.20. The van der Waals surface area contributed by atoms with E-state index in [1.54, 1.807) is 0 Å². The lowest BCUT2D eigenvalue weighted by Gasteiger charge is -2.22. The number of aromatic nitrogens is 3. The van der Waals surface area contributed by atoms with Crippen LogP contribution in [0, 0.1) is 0 Å². The van der Waals surface area contributed by atoms with Crippen LogP contribution >= 0.6 is 0 Å². The van der Waals surface area contributed by atoms with E-state index in [0.717, 1.165) is 39.3 Å². The van der Waals surface area contributed by atoms with Gasteiger partial charge in [0.25, 0.3) is 0 Å². The van der Waals surface area contributed by atoms with E-state index in [1.807, 2.05) is 30.5 Å². The Bertz CT molecular complexity index is 2460. The van der Waals surface area contributed by atoms with E-state index in [0.29, 0.717) is 5.82 Å². The van der Waals surface area contributed by atoms with Crippen molar-refractivity contribution in [1.82, 2.24) is 15.0 Å². The topological polar surface area (TPSA) is 38.7 Å². The Morgan fingerprint density at radius 1 is 0.426 bits per heavy atom. The van der Waals surface area contributed by atoms with Gasteiger partial charge in [0.2, 0.25) is 0 Å². The second-order valence-corrected chi connectivity index (χ2v) is 12.9. The molecule has 0 aliphatic heterocycles. The Kier molecular flexibility index (Phi) is 6.16. The number of fused-ring (bicyclic) bond motifs is 6. The summed E-state index contributed by atoms with van der Waals surface area (Å²) in [6.45, 7) is 4.69. The lowest BCUT2D eigenvalue weighted by molar-refractivity contribution is 0.661. The molecule has 0 unspecified atom stereocenters. The van der Waals surface area contributed by atoms with Crippen LogP contribution in [0.15, 0.2) is 152 Å². The SMILES string of the molecule is CC1(C)c2ccccc2-c2cc3ccc4ccc(-c5cc(-c6ccccc6)nc(-c6ccc(-c7ccccn7)cc6)n5)cc4c3cc21. The molecule has 0 saturated heterocycles. The summed E-state index contributed by atoms with van der Waals surface area (Å²) in [5.41, 5.74) is 12.3. The first-order valence-corrected chi connectivity index (χ1v) is 16.1. The van der Waals surface area contributed by atoms with Crippen LogP contribution < -0.4 is 0 Å². The van der Waals surface area contributed by atoms with Crippen molar-refractivity contribution >= 4 is 21.5 Å². The van der Waals surface area contributed by atoms with Gasteiger partial charge in [-0.05, 0) is 80.2 Å². The van der Waals surface area contributed by atoms with Gasteiger partial charge < -0.3 is 0 Å². The largest absolute Gasteiger partial charge is 0.256 e. The first-order chi connectivity index (χ1) is 23.0. The zero-order chi connectivity index (χ0) is 31.5. The van der Waals surface area contributed by atoms with E-state index in [9.17, 15) is 0 Å². The Hall–Kier alpha value is -5.93. The summed E-state index contributed by atoms with van der Waals surface area (Å²) in [6, 6.07) is 51.7. The summed E-state index contributed by atoms with van der Waals surface area (Å²) < 4.78 is 0. The molecule has 6 aromatic carbocycles. The highest BCUT2D eigenvalue weighted by atomic mass is 14.9. The van der Waals surface area contributed by atoms with E-state index < -0.39 is 0 Å². The van der Waals surface area contributed by atoms with Crippen LogP contribution in [0.5, 0.6) is 0 Å². The number of pyridine rings is 1. The first-order valence-electron chi connectivity index (χ1n) is 16.1. The minimum atomic E-state index is -0.0574. The maximum atomic E-state index is 5.17. The van der Waals surface area contributed by atoms with Gasteiger partial charge in [-0.1, -0.05) is 123 Å². The van der Waals surface area contributed by atoms with Crippen LogP contribution in [-0.4, -0.2) is 15.0 Å². The molecule has 222 valence electrons. The molecule has 2 heterocycles. The Labute approximate surface area is 274 Å². The zero-order valence-corrected chi connectivity index (χ0v) is 26.3. The molecule has 0 atom stereocenters. The van der Waals surface area contributed by atoms with E-state index in [4.69, 9.17) is 9.97 Å². The molecule has 0 radical (unpaired) electrons. The highest BCUT2D eigenvalue weighted by Crippen LogP contribution is 2.50. The second-order valence-electron chi connectivity index (χ2n) is 12.9. The maximum Gasteiger partial charge on any atom is 0.160 e. The van der Waals surface area contributed by atoms with Crippen molar-refractivity contribution in [3.8, 4) is 56.3 Å². The Morgan fingerprint density at radius 2 is 1.06 bits per heavy atom. The summed E-state index contributed by atoms with van der Waals surface area (Å²) in [5.74, 6) is 0.698. The van der Waals surface area contributed by atoms with Crippen molar-refractivity contribution in [3.63, 3.8) is 0 Å². The average molecular weight is 602 g/mol. The van der Waals surface area contributed by atoms with E-state index in [2.05, 4.69) is 140 Å².